The Morgan fingerprint density at radius 3 is 2.46 bits per heavy atom. The molecule has 7 nitrogen and oxygen atoms in total. The third-order valence-corrected chi connectivity index (χ3v) is 4.48. The normalized spacial score (nSPS) is 11.8. The Morgan fingerprint density at radius 1 is 1.11 bits per heavy atom. The van der Waals surface area contributed by atoms with Crippen LogP contribution in [0.15, 0.2) is 48.5 Å². The van der Waals surface area contributed by atoms with Crippen molar-refractivity contribution >= 4 is 34.5 Å². The van der Waals surface area contributed by atoms with Crippen LogP contribution in [0, 0.1) is 0 Å². The van der Waals surface area contributed by atoms with Crippen molar-refractivity contribution in [3.63, 3.8) is 0 Å². The van der Waals surface area contributed by atoms with Gasteiger partial charge in [-0.15, -0.1) is 0 Å². The number of amides is 2. The Hall–Kier alpha value is -3.35. The van der Waals surface area contributed by atoms with E-state index in [1.807, 2.05) is 62.3 Å². The molecule has 2 aromatic carbocycles. The number of aromatic nitrogens is 2. The van der Waals surface area contributed by atoms with Gasteiger partial charge in [0.2, 0.25) is 11.9 Å². The molecule has 1 atom stereocenters. The number of imidazole rings is 1. The monoisotopic (exact) mass is 379 g/mol. The first-order chi connectivity index (χ1) is 13.5. The lowest BCUT2D eigenvalue weighted by atomic mass is 10.1. The molecule has 1 aromatic heterocycles. The van der Waals surface area contributed by atoms with E-state index >= 15 is 0 Å². The number of carbonyl (C=O) groups is 2. The number of H-pyrrole nitrogens is 1. The molecule has 0 saturated heterocycles. The molecule has 7 heteroatoms. The molecule has 28 heavy (non-hydrogen) atoms. The van der Waals surface area contributed by atoms with Crippen molar-refractivity contribution in [3.8, 4) is 0 Å². The fourth-order valence-corrected chi connectivity index (χ4v) is 2.93. The first kappa shape index (κ1) is 19.4. The molecule has 0 aliphatic carbocycles. The highest BCUT2D eigenvalue weighted by Gasteiger charge is 2.21. The molecule has 1 heterocycles. The van der Waals surface area contributed by atoms with E-state index in [4.69, 9.17) is 0 Å². The molecule has 3 rings (SSSR count). The van der Waals surface area contributed by atoms with Gasteiger partial charge < -0.3 is 15.2 Å². The fourth-order valence-electron chi connectivity index (χ4n) is 2.93. The van der Waals surface area contributed by atoms with Crippen LogP contribution in [0.5, 0.6) is 0 Å². The zero-order valence-electron chi connectivity index (χ0n) is 16.3. The number of rotatable bonds is 7. The number of para-hydroxylation sites is 2. The number of nitrogens with one attached hydrogen (secondary N) is 3. The maximum atomic E-state index is 12.7. The average Bonchev–Trinajstić information content (AvgIpc) is 3.09. The van der Waals surface area contributed by atoms with Gasteiger partial charge in [0.05, 0.1) is 11.0 Å². The lowest BCUT2D eigenvalue weighted by molar-refractivity contribution is -0.118. The van der Waals surface area contributed by atoms with E-state index < -0.39 is 6.04 Å². The summed E-state index contributed by atoms with van der Waals surface area (Å²) in [5.74, 6) is -0.195. The Bertz CT molecular complexity index is 929. The molecule has 0 saturated carbocycles. The van der Waals surface area contributed by atoms with Crippen LogP contribution in [0.1, 0.15) is 30.1 Å². The number of aromatic amines is 1. The van der Waals surface area contributed by atoms with Gasteiger partial charge in [0.1, 0.15) is 6.04 Å². The quantitative estimate of drug-likeness (QED) is 0.588. The number of anilines is 2. The highest BCUT2D eigenvalue weighted by molar-refractivity contribution is 6.01. The summed E-state index contributed by atoms with van der Waals surface area (Å²) in [4.78, 5) is 34.7. The van der Waals surface area contributed by atoms with Gasteiger partial charge in [-0.2, -0.15) is 0 Å². The maximum Gasteiger partial charge on any atom is 0.251 e. The zero-order valence-corrected chi connectivity index (χ0v) is 16.3. The summed E-state index contributed by atoms with van der Waals surface area (Å²) in [7, 11) is 3.88. The molecule has 0 spiro atoms. The standard InChI is InChI=1S/C21H25N5O2/c1-4-7-18(22-19(27)14-10-12-15(13-11-14)26(2)3)20(28)25-21-23-16-8-5-6-9-17(16)24-21/h5-6,8-13,18H,4,7H2,1-3H3,(H,22,27)(H2,23,24,25,28)/t18-/m0/s1. The number of fused-ring (bicyclic) bond motifs is 1. The first-order valence-corrected chi connectivity index (χ1v) is 9.31. The van der Waals surface area contributed by atoms with Crippen molar-refractivity contribution < 1.29 is 9.59 Å². The molecule has 0 fully saturated rings. The Morgan fingerprint density at radius 2 is 1.82 bits per heavy atom. The van der Waals surface area contributed by atoms with Crippen molar-refractivity contribution in [2.45, 2.75) is 25.8 Å². The fraction of sp³-hybridized carbons (Fsp3) is 0.286. The van der Waals surface area contributed by atoms with Crippen LogP contribution < -0.4 is 15.5 Å². The van der Waals surface area contributed by atoms with Crippen LogP contribution in [-0.4, -0.2) is 41.9 Å². The second-order valence-corrected chi connectivity index (χ2v) is 6.85. The second-order valence-electron chi connectivity index (χ2n) is 6.85. The topological polar surface area (TPSA) is 90.1 Å². The second kappa shape index (κ2) is 8.56. The van der Waals surface area contributed by atoms with E-state index in [9.17, 15) is 9.59 Å². The van der Waals surface area contributed by atoms with E-state index in [1.165, 1.54) is 0 Å². The lowest BCUT2D eigenvalue weighted by Crippen LogP contribution is -2.43. The van der Waals surface area contributed by atoms with Gasteiger partial charge in [-0.3, -0.25) is 14.9 Å². The van der Waals surface area contributed by atoms with Gasteiger partial charge in [-0.1, -0.05) is 25.5 Å². The van der Waals surface area contributed by atoms with Crippen LogP contribution in [-0.2, 0) is 4.79 Å². The van der Waals surface area contributed by atoms with Crippen LogP contribution in [0.3, 0.4) is 0 Å². The summed E-state index contributed by atoms with van der Waals surface area (Å²) >= 11 is 0. The van der Waals surface area contributed by atoms with Gasteiger partial charge >= 0.3 is 0 Å². The molecule has 146 valence electrons. The summed E-state index contributed by atoms with van der Waals surface area (Å²) in [6.07, 6.45) is 1.30. The number of hydrogen-bond donors (Lipinski definition) is 3. The number of benzene rings is 2. The maximum absolute atomic E-state index is 12.7. The van der Waals surface area contributed by atoms with E-state index in [-0.39, 0.29) is 11.8 Å². The van der Waals surface area contributed by atoms with Gasteiger partial charge in [-0.25, -0.2) is 4.98 Å². The van der Waals surface area contributed by atoms with Gasteiger partial charge in [-0.05, 0) is 42.8 Å². The number of nitrogens with zero attached hydrogens (tertiary/aromatic N) is 2. The van der Waals surface area contributed by atoms with Crippen molar-refractivity contribution in [1.29, 1.82) is 0 Å². The predicted octanol–water partition coefficient (Wildman–Crippen LogP) is 3.17. The Labute approximate surface area is 164 Å². The Balaban J connectivity index is 1.69. The van der Waals surface area contributed by atoms with Crippen LogP contribution in [0.2, 0.25) is 0 Å². The summed E-state index contributed by atoms with van der Waals surface area (Å²) in [6.45, 7) is 1.97. The molecule has 0 radical (unpaired) electrons. The third-order valence-electron chi connectivity index (χ3n) is 4.48. The molecular formula is C21H25N5O2. The molecule has 0 aliphatic rings. The smallest absolute Gasteiger partial charge is 0.251 e. The summed E-state index contributed by atoms with van der Waals surface area (Å²) in [5.41, 5.74) is 3.14. The molecule has 3 N–H and O–H groups in total. The zero-order chi connectivity index (χ0) is 20.1. The molecule has 0 unspecified atom stereocenters. The highest BCUT2D eigenvalue weighted by Crippen LogP contribution is 2.15. The van der Waals surface area contributed by atoms with Crippen molar-refractivity contribution in [2.24, 2.45) is 0 Å². The number of hydrogen-bond acceptors (Lipinski definition) is 4. The molecular weight excluding hydrogens is 354 g/mol. The van der Waals surface area contributed by atoms with Crippen LogP contribution >= 0.6 is 0 Å². The van der Waals surface area contributed by atoms with Crippen molar-refractivity contribution in [1.82, 2.24) is 15.3 Å². The summed E-state index contributed by atoms with van der Waals surface area (Å²) in [6, 6.07) is 14.2. The van der Waals surface area contributed by atoms with Gasteiger partial charge in [0.15, 0.2) is 0 Å². The SMILES string of the molecule is CCC[C@H](NC(=O)c1ccc(N(C)C)cc1)C(=O)Nc1nc2ccccc2[nH]1. The highest BCUT2D eigenvalue weighted by atomic mass is 16.2. The van der Waals surface area contributed by atoms with Crippen LogP contribution in [0.25, 0.3) is 11.0 Å². The predicted molar refractivity (Wildman–Crippen MR) is 112 cm³/mol. The molecule has 0 bridgehead atoms. The lowest BCUT2D eigenvalue weighted by Gasteiger charge is -2.18. The summed E-state index contributed by atoms with van der Waals surface area (Å²) in [5, 5.41) is 5.60. The minimum atomic E-state index is -0.640. The third kappa shape index (κ3) is 4.49. The first-order valence-electron chi connectivity index (χ1n) is 9.31. The largest absolute Gasteiger partial charge is 0.378 e. The average molecular weight is 379 g/mol. The summed E-state index contributed by atoms with van der Waals surface area (Å²) < 4.78 is 0. The van der Waals surface area contributed by atoms with E-state index in [1.54, 1.807) is 12.1 Å². The van der Waals surface area contributed by atoms with E-state index in [0.717, 1.165) is 23.1 Å². The van der Waals surface area contributed by atoms with Gasteiger partial charge in [0.25, 0.3) is 5.91 Å². The molecule has 3 aromatic rings. The van der Waals surface area contributed by atoms with Gasteiger partial charge in [0, 0.05) is 25.3 Å². The minimum Gasteiger partial charge on any atom is -0.378 e. The Kier molecular flexibility index (Phi) is 5.93. The van der Waals surface area contributed by atoms with Crippen LogP contribution in [0.4, 0.5) is 11.6 Å². The number of carbonyl (C=O) groups excluding carboxylic acids is 2. The minimum absolute atomic E-state index is 0.275. The molecule has 0 aliphatic heterocycles. The van der Waals surface area contributed by atoms with Crippen molar-refractivity contribution in [2.75, 3.05) is 24.3 Å². The van der Waals surface area contributed by atoms with E-state index in [2.05, 4.69) is 20.6 Å². The molecule has 2 amide bonds. The van der Waals surface area contributed by atoms with Crippen molar-refractivity contribution in [3.05, 3.63) is 54.1 Å². The van der Waals surface area contributed by atoms with E-state index in [0.29, 0.717) is 17.9 Å².